The number of fused-ring (bicyclic) bond motifs is 2. The number of carbonyl (C=O) groups is 1. The second kappa shape index (κ2) is 7.87. The molecule has 1 aliphatic carbocycles. The van der Waals surface area contributed by atoms with Gasteiger partial charge in [-0.3, -0.25) is 4.79 Å². The molecule has 2 bridgehead atoms. The molecule has 1 atom stereocenters. The zero-order chi connectivity index (χ0) is 25.2. The van der Waals surface area contributed by atoms with Crippen LogP contribution in [-0.2, 0) is 10.2 Å². The van der Waals surface area contributed by atoms with E-state index in [1.807, 2.05) is 6.92 Å². The highest BCUT2D eigenvalue weighted by Gasteiger charge is 2.61. The Hall–Kier alpha value is -3.28. The minimum atomic E-state index is -4.68. The molecule has 12 heteroatoms. The molecule has 1 saturated carbocycles. The minimum Gasteiger partial charge on any atom is -0.480 e. The fraction of sp³-hybridized carbons (Fsp3) is 0.435. The molecule has 1 amide bonds. The lowest BCUT2D eigenvalue weighted by Gasteiger charge is -2.41. The third kappa shape index (κ3) is 4.19. The number of ether oxygens (including phenoxy) is 2. The van der Waals surface area contributed by atoms with Gasteiger partial charge in [-0.15, -0.1) is 0 Å². The number of aromatic nitrogens is 3. The van der Waals surface area contributed by atoms with E-state index >= 15 is 0 Å². The number of imidazole rings is 1. The summed E-state index contributed by atoms with van der Waals surface area (Å²) >= 11 is 0. The second-order valence-corrected chi connectivity index (χ2v) is 9.32. The van der Waals surface area contributed by atoms with Gasteiger partial charge < -0.3 is 19.2 Å². The van der Waals surface area contributed by atoms with Gasteiger partial charge >= 0.3 is 6.18 Å². The third-order valence-electron chi connectivity index (χ3n) is 6.46. The number of amides is 1. The van der Waals surface area contributed by atoms with E-state index in [1.165, 1.54) is 28.8 Å². The Bertz CT molecular complexity index is 1300. The van der Waals surface area contributed by atoms with Crippen LogP contribution in [0, 0.1) is 0 Å². The number of rotatable bonds is 6. The highest BCUT2D eigenvalue weighted by Crippen LogP contribution is 2.58. The fourth-order valence-electron chi connectivity index (χ4n) is 4.77. The van der Waals surface area contributed by atoms with E-state index in [9.17, 15) is 26.7 Å². The van der Waals surface area contributed by atoms with Crippen LogP contribution in [0.4, 0.5) is 27.8 Å². The molecule has 3 aromatic heterocycles. The Morgan fingerprint density at radius 3 is 2.60 bits per heavy atom. The van der Waals surface area contributed by atoms with Crippen LogP contribution >= 0.6 is 0 Å². The fourth-order valence-corrected chi connectivity index (χ4v) is 4.77. The molecule has 6 rings (SSSR count). The van der Waals surface area contributed by atoms with Gasteiger partial charge in [0.1, 0.15) is 22.9 Å². The zero-order valence-electron chi connectivity index (χ0n) is 18.7. The first-order valence-corrected chi connectivity index (χ1v) is 10.8. The van der Waals surface area contributed by atoms with E-state index in [0.29, 0.717) is 17.9 Å². The Labute approximate surface area is 196 Å². The van der Waals surface area contributed by atoms with Crippen LogP contribution in [0.1, 0.15) is 54.9 Å². The number of hydrogen-bond donors (Lipinski definition) is 1. The first-order valence-electron chi connectivity index (χ1n) is 10.8. The van der Waals surface area contributed by atoms with Gasteiger partial charge in [-0.2, -0.15) is 13.2 Å². The molecular formula is C23H21F5N4O3. The largest absolute Gasteiger partial charge is 0.480 e. The lowest BCUT2D eigenvalue weighted by atomic mass is 9.62. The van der Waals surface area contributed by atoms with E-state index in [0.717, 1.165) is 25.8 Å². The number of halogens is 5. The van der Waals surface area contributed by atoms with Crippen molar-refractivity contribution in [3.05, 3.63) is 53.6 Å². The summed E-state index contributed by atoms with van der Waals surface area (Å²) in [5, 5.41) is 2.35. The number of anilines is 1. The van der Waals surface area contributed by atoms with Gasteiger partial charge in [0.25, 0.3) is 12.3 Å². The molecule has 2 saturated heterocycles. The van der Waals surface area contributed by atoms with E-state index in [4.69, 9.17) is 9.47 Å². The van der Waals surface area contributed by atoms with Crippen molar-refractivity contribution in [3.8, 4) is 5.75 Å². The highest BCUT2D eigenvalue weighted by atomic mass is 19.4. The Morgan fingerprint density at radius 2 is 1.97 bits per heavy atom. The topological polar surface area (TPSA) is 77.8 Å². The highest BCUT2D eigenvalue weighted by molar-refractivity contribution is 6.05. The summed E-state index contributed by atoms with van der Waals surface area (Å²) in [5.41, 5.74) is -0.245. The Morgan fingerprint density at radius 1 is 1.23 bits per heavy atom. The molecule has 0 radical (unpaired) electrons. The quantitative estimate of drug-likeness (QED) is 0.483. The first-order chi connectivity index (χ1) is 16.4. The van der Waals surface area contributed by atoms with Crippen LogP contribution in [0.5, 0.6) is 5.75 Å². The van der Waals surface area contributed by atoms with Crippen molar-refractivity contribution < 1.29 is 36.2 Å². The molecular weight excluding hydrogens is 475 g/mol. The van der Waals surface area contributed by atoms with Gasteiger partial charge in [0.2, 0.25) is 0 Å². The van der Waals surface area contributed by atoms with Crippen molar-refractivity contribution in [2.45, 2.75) is 56.4 Å². The van der Waals surface area contributed by atoms with E-state index in [1.54, 1.807) is 6.20 Å². The molecule has 0 spiro atoms. The van der Waals surface area contributed by atoms with Crippen molar-refractivity contribution >= 4 is 17.4 Å². The van der Waals surface area contributed by atoms with Crippen LogP contribution in [0.3, 0.4) is 0 Å². The molecule has 1 N–H and O–H groups in total. The molecule has 0 aromatic carbocycles. The van der Waals surface area contributed by atoms with Gasteiger partial charge in [0.15, 0.2) is 6.10 Å². The summed E-state index contributed by atoms with van der Waals surface area (Å²) in [6.45, 7) is 3.32. The molecule has 35 heavy (non-hydrogen) atoms. The lowest BCUT2D eigenvalue weighted by Crippen LogP contribution is -2.45. The van der Waals surface area contributed by atoms with Crippen LogP contribution in [0.2, 0.25) is 0 Å². The smallest absolute Gasteiger partial charge is 0.425 e. The van der Waals surface area contributed by atoms with Gasteiger partial charge in [-0.25, -0.2) is 18.7 Å². The zero-order valence-corrected chi connectivity index (χ0v) is 18.7. The Balaban J connectivity index is 1.51. The van der Waals surface area contributed by atoms with Crippen LogP contribution in [-0.4, -0.2) is 44.8 Å². The van der Waals surface area contributed by atoms with Crippen molar-refractivity contribution in [1.29, 1.82) is 0 Å². The maximum atomic E-state index is 13.2. The average Bonchev–Trinajstić information content (AvgIpc) is 3.43. The van der Waals surface area contributed by atoms with Crippen molar-refractivity contribution in [2.75, 3.05) is 11.9 Å². The average molecular weight is 496 g/mol. The summed E-state index contributed by atoms with van der Waals surface area (Å²) in [7, 11) is 0. The number of pyridine rings is 2. The van der Waals surface area contributed by atoms with E-state index < -0.39 is 30.3 Å². The van der Waals surface area contributed by atoms with Gasteiger partial charge in [0.05, 0.1) is 23.5 Å². The molecule has 3 aromatic rings. The lowest BCUT2D eigenvalue weighted by molar-refractivity contribution is -0.189. The van der Waals surface area contributed by atoms with Crippen LogP contribution in [0.15, 0.2) is 36.7 Å². The molecule has 5 heterocycles. The molecule has 3 aliphatic rings. The maximum Gasteiger partial charge on any atom is 0.425 e. The number of hydrogen-bond acceptors (Lipinski definition) is 5. The van der Waals surface area contributed by atoms with Crippen molar-refractivity contribution in [2.24, 2.45) is 0 Å². The number of alkyl halides is 5. The molecule has 7 nitrogen and oxygen atoms in total. The molecule has 0 unspecified atom stereocenters. The summed E-state index contributed by atoms with van der Waals surface area (Å²) in [4.78, 5) is 21.3. The van der Waals surface area contributed by atoms with Gasteiger partial charge in [0, 0.05) is 23.9 Å². The van der Waals surface area contributed by atoms with Crippen molar-refractivity contribution in [3.63, 3.8) is 0 Å². The second-order valence-electron chi connectivity index (χ2n) is 9.32. The predicted molar refractivity (Wildman–Crippen MR) is 114 cm³/mol. The first kappa shape index (κ1) is 23.5. The summed E-state index contributed by atoms with van der Waals surface area (Å²) in [6, 6.07) is 4.93. The number of carbonyl (C=O) groups excluding carboxylic acids is 1. The van der Waals surface area contributed by atoms with Crippen LogP contribution < -0.4 is 10.1 Å². The predicted octanol–water partition coefficient (Wildman–Crippen LogP) is 5.07. The van der Waals surface area contributed by atoms with Gasteiger partial charge in [-0.05, 0) is 38.8 Å². The summed E-state index contributed by atoms with van der Waals surface area (Å²) in [5.74, 6) is -1.39. The maximum absolute atomic E-state index is 13.2. The van der Waals surface area contributed by atoms with E-state index in [-0.39, 0.29) is 28.1 Å². The summed E-state index contributed by atoms with van der Waals surface area (Å²) < 4.78 is 78.0. The third-order valence-corrected chi connectivity index (χ3v) is 6.46. The summed E-state index contributed by atoms with van der Waals surface area (Å²) in [6.07, 6.45) is -5.17. The standard InChI is InChI=1S/C23H21F5N4O3/c1-12(23(26,27)28)35-15-6-18-30-16(22-9-21(2,10-22)34-11-22)8-32(18)7-13(15)20(33)31-17-5-3-4-14(29-17)19(24)25/h3-8,12,19H,9-11H2,1-2H3,(H,29,31,33)/t12-,21?,22?/m1/s1. The SMILES string of the molecule is C[C@@H](Oc1cc2nc(C34COC(C)(C3)C4)cn2cc1C(=O)Nc1cccc(C(F)F)n1)C(F)(F)F. The van der Waals surface area contributed by atoms with Crippen molar-refractivity contribution in [1.82, 2.24) is 14.4 Å². The number of nitrogens with zero attached hydrogens (tertiary/aromatic N) is 3. The monoisotopic (exact) mass is 496 g/mol. The van der Waals surface area contributed by atoms with E-state index in [2.05, 4.69) is 15.3 Å². The minimum absolute atomic E-state index is 0.176. The van der Waals surface area contributed by atoms with Crippen LogP contribution in [0.25, 0.3) is 5.65 Å². The normalized spacial score (nSPS) is 24.5. The molecule has 186 valence electrons. The molecule has 2 aliphatic heterocycles. The Kier molecular flexibility index (Phi) is 5.28. The number of nitrogens with one attached hydrogen (secondary N) is 1. The van der Waals surface area contributed by atoms with Gasteiger partial charge in [-0.1, -0.05) is 6.07 Å². The molecule has 3 fully saturated rings.